The fraction of sp³-hybridized carbons (Fsp3) is 0.125. The number of thioether (sulfide) groups is 1. The molecule has 112 valence electrons. The predicted octanol–water partition coefficient (Wildman–Crippen LogP) is 3.40. The van der Waals surface area contributed by atoms with E-state index in [-0.39, 0.29) is 5.82 Å². The molecule has 0 atom stereocenters. The third kappa shape index (κ3) is 3.12. The normalized spacial score (nSPS) is 10.8. The number of benzene rings is 2. The second-order valence-corrected chi connectivity index (χ2v) is 5.91. The van der Waals surface area contributed by atoms with Gasteiger partial charge in [-0.3, -0.25) is 0 Å². The highest BCUT2D eigenvalue weighted by Crippen LogP contribution is 2.24. The number of rotatable bonds is 4. The zero-order valence-corrected chi connectivity index (χ0v) is 12.8. The van der Waals surface area contributed by atoms with Crippen LogP contribution in [0.4, 0.5) is 4.39 Å². The van der Waals surface area contributed by atoms with Gasteiger partial charge in [-0.25, -0.2) is 9.07 Å². The average molecular weight is 314 g/mol. The van der Waals surface area contributed by atoms with Gasteiger partial charge < -0.3 is 5.84 Å². The van der Waals surface area contributed by atoms with Gasteiger partial charge >= 0.3 is 0 Å². The molecule has 22 heavy (non-hydrogen) atoms. The van der Waals surface area contributed by atoms with Crippen LogP contribution in [0.5, 0.6) is 0 Å². The molecular weight excluding hydrogens is 299 g/mol. The number of hydrogen-bond donors (Lipinski definition) is 1. The highest BCUT2D eigenvalue weighted by molar-refractivity contribution is 7.98. The lowest BCUT2D eigenvalue weighted by Gasteiger charge is -2.04. The van der Waals surface area contributed by atoms with Gasteiger partial charge in [0.1, 0.15) is 5.82 Å². The van der Waals surface area contributed by atoms with Crippen molar-refractivity contribution < 1.29 is 4.39 Å². The zero-order chi connectivity index (χ0) is 15.5. The van der Waals surface area contributed by atoms with Crippen LogP contribution in [0.1, 0.15) is 11.1 Å². The van der Waals surface area contributed by atoms with Crippen LogP contribution in [0.25, 0.3) is 11.4 Å². The largest absolute Gasteiger partial charge is 0.335 e. The topological polar surface area (TPSA) is 56.7 Å². The molecule has 0 saturated heterocycles. The Hall–Kier alpha value is -2.34. The molecule has 2 N–H and O–H groups in total. The molecule has 1 aromatic heterocycles. The van der Waals surface area contributed by atoms with Crippen molar-refractivity contribution in [3.8, 4) is 11.4 Å². The highest BCUT2D eigenvalue weighted by atomic mass is 32.2. The number of hydrogen-bond acceptors (Lipinski definition) is 4. The molecule has 1 heterocycles. The maximum Gasteiger partial charge on any atom is 0.210 e. The number of nitrogens with zero attached hydrogens (tertiary/aromatic N) is 3. The van der Waals surface area contributed by atoms with E-state index in [9.17, 15) is 4.39 Å². The molecule has 2 aromatic carbocycles. The fourth-order valence-electron chi connectivity index (χ4n) is 2.13. The number of nitrogen functional groups attached to an aromatic ring is 1. The van der Waals surface area contributed by atoms with E-state index in [4.69, 9.17) is 5.84 Å². The summed E-state index contributed by atoms with van der Waals surface area (Å²) in [6.07, 6.45) is 0. The first kappa shape index (κ1) is 14.6. The first-order valence-electron chi connectivity index (χ1n) is 6.78. The van der Waals surface area contributed by atoms with Crippen LogP contribution in [0.2, 0.25) is 0 Å². The van der Waals surface area contributed by atoms with E-state index in [0.717, 1.165) is 16.7 Å². The van der Waals surface area contributed by atoms with Gasteiger partial charge in [0.25, 0.3) is 0 Å². The second-order valence-electron chi connectivity index (χ2n) is 4.96. The predicted molar refractivity (Wildman–Crippen MR) is 86.3 cm³/mol. The standard InChI is InChI=1S/C16H15FN4S/c1-11-4-2-6-13(8-11)15-19-20-16(21(15)18)22-10-12-5-3-7-14(17)9-12/h2-9H,10,18H2,1H3. The molecule has 0 bridgehead atoms. The summed E-state index contributed by atoms with van der Waals surface area (Å²) in [5.41, 5.74) is 2.94. The monoisotopic (exact) mass is 314 g/mol. The Kier molecular flexibility index (Phi) is 4.11. The van der Waals surface area contributed by atoms with E-state index >= 15 is 0 Å². The molecule has 0 saturated carbocycles. The average Bonchev–Trinajstić information content (AvgIpc) is 2.86. The van der Waals surface area contributed by atoms with Gasteiger partial charge in [0.2, 0.25) is 5.16 Å². The molecule has 3 aromatic rings. The van der Waals surface area contributed by atoms with Gasteiger partial charge in [-0.2, -0.15) is 0 Å². The van der Waals surface area contributed by atoms with Crippen molar-refractivity contribution in [1.29, 1.82) is 0 Å². The minimum absolute atomic E-state index is 0.243. The lowest BCUT2D eigenvalue weighted by molar-refractivity contribution is 0.626. The molecule has 4 nitrogen and oxygen atoms in total. The molecule has 0 unspecified atom stereocenters. The van der Waals surface area contributed by atoms with Gasteiger partial charge in [0, 0.05) is 11.3 Å². The van der Waals surface area contributed by atoms with Crippen LogP contribution >= 0.6 is 11.8 Å². The molecule has 0 aliphatic rings. The Labute approximate surface area is 132 Å². The lowest BCUT2D eigenvalue weighted by atomic mass is 10.1. The highest BCUT2D eigenvalue weighted by Gasteiger charge is 2.12. The Morgan fingerprint density at radius 3 is 2.73 bits per heavy atom. The molecule has 0 aliphatic carbocycles. The molecule has 0 amide bonds. The van der Waals surface area contributed by atoms with Crippen LogP contribution in [-0.4, -0.2) is 14.9 Å². The quantitative estimate of drug-likeness (QED) is 0.592. The molecule has 0 aliphatic heterocycles. The smallest absolute Gasteiger partial charge is 0.210 e. The Morgan fingerprint density at radius 2 is 1.95 bits per heavy atom. The summed E-state index contributed by atoms with van der Waals surface area (Å²) in [6.45, 7) is 2.01. The van der Waals surface area contributed by atoms with Crippen LogP contribution in [0, 0.1) is 12.7 Å². The summed E-state index contributed by atoms with van der Waals surface area (Å²) < 4.78 is 14.6. The number of aryl methyl sites for hydroxylation is 1. The van der Waals surface area contributed by atoms with Crippen LogP contribution in [-0.2, 0) is 5.75 Å². The van der Waals surface area contributed by atoms with E-state index in [0.29, 0.717) is 16.7 Å². The van der Waals surface area contributed by atoms with Crippen LogP contribution in [0.15, 0.2) is 53.7 Å². The van der Waals surface area contributed by atoms with Crippen molar-refractivity contribution in [2.45, 2.75) is 17.8 Å². The van der Waals surface area contributed by atoms with Gasteiger partial charge in [0.05, 0.1) is 0 Å². The molecule has 0 radical (unpaired) electrons. The molecular formula is C16H15FN4S. The van der Waals surface area contributed by atoms with Crippen molar-refractivity contribution in [2.75, 3.05) is 5.84 Å². The molecule has 3 rings (SSSR count). The molecule has 0 spiro atoms. The summed E-state index contributed by atoms with van der Waals surface area (Å²) in [5.74, 6) is 7.03. The summed E-state index contributed by atoms with van der Waals surface area (Å²) in [4.78, 5) is 0. The van der Waals surface area contributed by atoms with Crippen LogP contribution in [0.3, 0.4) is 0 Å². The number of aromatic nitrogens is 3. The molecule has 0 fully saturated rings. The maximum absolute atomic E-state index is 13.2. The Morgan fingerprint density at radius 1 is 1.14 bits per heavy atom. The Balaban J connectivity index is 1.79. The lowest BCUT2D eigenvalue weighted by Crippen LogP contribution is -2.11. The van der Waals surface area contributed by atoms with E-state index in [1.807, 2.05) is 37.3 Å². The first-order valence-corrected chi connectivity index (χ1v) is 7.77. The third-order valence-electron chi connectivity index (χ3n) is 3.20. The van der Waals surface area contributed by atoms with Crippen molar-refractivity contribution >= 4 is 11.8 Å². The minimum Gasteiger partial charge on any atom is -0.335 e. The van der Waals surface area contributed by atoms with E-state index < -0.39 is 0 Å². The first-order chi connectivity index (χ1) is 10.6. The van der Waals surface area contributed by atoms with E-state index in [1.165, 1.54) is 28.6 Å². The Bertz CT molecular complexity index is 800. The van der Waals surface area contributed by atoms with Crippen LogP contribution < -0.4 is 5.84 Å². The fourth-order valence-corrected chi connectivity index (χ4v) is 2.93. The summed E-state index contributed by atoms with van der Waals surface area (Å²) >= 11 is 1.43. The zero-order valence-electron chi connectivity index (χ0n) is 12.0. The van der Waals surface area contributed by atoms with Crippen molar-refractivity contribution in [1.82, 2.24) is 14.9 Å². The molecule has 6 heteroatoms. The SMILES string of the molecule is Cc1cccc(-c2nnc(SCc3cccc(F)c3)n2N)c1. The van der Waals surface area contributed by atoms with E-state index in [1.54, 1.807) is 6.07 Å². The summed E-state index contributed by atoms with van der Waals surface area (Å²) in [7, 11) is 0. The summed E-state index contributed by atoms with van der Waals surface area (Å²) in [6, 6.07) is 14.4. The minimum atomic E-state index is -0.243. The van der Waals surface area contributed by atoms with Crippen molar-refractivity contribution in [2.24, 2.45) is 0 Å². The van der Waals surface area contributed by atoms with E-state index in [2.05, 4.69) is 10.2 Å². The number of nitrogens with two attached hydrogens (primary N) is 1. The van der Waals surface area contributed by atoms with Gasteiger partial charge in [0.15, 0.2) is 5.82 Å². The second kappa shape index (κ2) is 6.19. The summed E-state index contributed by atoms with van der Waals surface area (Å²) in [5, 5.41) is 8.86. The maximum atomic E-state index is 13.2. The van der Waals surface area contributed by atoms with Crippen molar-refractivity contribution in [3.05, 3.63) is 65.5 Å². The van der Waals surface area contributed by atoms with Gasteiger partial charge in [-0.05, 0) is 30.7 Å². The van der Waals surface area contributed by atoms with Gasteiger partial charge in [-0.15, -0.1) is 10.2 Å². The number of halogens is 1. The van der Waals surface area contributed by atoms with Crippen molar-refractivity contribution in [3.63, 3.8) is 0 Å². The van der Waals surface area contributed by atoms with Gasteiger partial charge in [-0.1, -0.05) is 47.7 Å². The third-order valence-corrected chi connectivity index (χ3v) is 4.21.